The quantitative estimate of drug-likeness (QED) is 0.864. The molecule has 0 aliphatic heterocycles. The zero-order chi connectivity index (χ0) is 14.9. The van der Waals surface area contributed by atoms with Gasteiger partial charge in [0.2, 0.25) is 0 Å². The van der Waals surface area contributed by atoms with Gasteiger partial charge in [0.25, 0.3) is 0 Å². The van der Waals surface area contributed by atoms with E-state index in [9.17, 15) is 0 Å². The van der Waals surface area contributed by atoms with Crippen molar-refractivity contribution in [3.63, 3.8) is 0 Å². The van der Waals surface area contributed by atoms with Crippen molar-refractivity contribution in [2.24, 2.45) is 12.5 Å². The van der Waals surface area contributed by atoms with Crippen LogP contribution in [-0.2, 0) is 19.9 Å². The Bertz CT molecular complexity index is 484. The summed E-state index contributed by atoms with van der Waals surface area (Å²) in [7, 11) is 2.05. The van der Waals surface area contributed by atoms with Crippen molar-refractivity contribution in [1.29, 1.82) is 0 Å². The highest BCUT2D eigenvalue weighted by Gasteiger charge is 2.36. The van der Waals surface area contributed by atoms with Gasteiger partial charge in [-0.25, -0.2) is 0 Å². The number of hydrogen-bond acceptors (Lipinski definition) is 2. The molecule has 1 heterocycles. The molecule has 0 amide bonds. The number of aryl methyl sites for hydroxylation is 2. The Labute approximate surface area is 133 Å². The van der Waals surface area contributed by atoms with Crippen LogP contribution in [0.15, 0.2) is 0 Å². The fourth-order valence-corrected chi connectivity index (χ4v) is 4.09. The first-order chi connectivity index (χ1) is 10.1. The van der Waals surface area contributed by atoms with Gasteiger partial charge in [-0.2, -0.15) is 5.10 Å². The van der Waals surface area contributed by atoms with Gasteiger partial charge in [0.05, 0.1) is 16.4 Å². The Morgan fingerprint density at radius 3 is 2.57 bits per heavy atom. The molecule has 21 heavy (non-hydrogen) atoms. The van der Waals surface area contributed by atoms with Crippen LogP contribution in [0.25, 0.3) is 0 Å². The van der Waals surface area contributed by atoms with Crippen LogP contribution >= 0.6 is 11.6 Å². The van der Waals surface area contributed by atoms with Gasteiger partial charge in [0, 0.05) is 19.6 Å². The topological polar surface area (TPSA) is 29.9 Å². The molecule has 2 aliphatic rings. The van der Waals surface area contributed by atoms with Crippen LogP contribution in [0, 0.1) is 5.41 Å². The molecule has 0 atom stereocenters. The standard InChI is InChI=1S/C17H28ClN3/c1-3-14-16(18)15(21(2)20-14)11-17(9-5-4-6-10-17)12-19-13-7-8-13/h13,19H,3-12H2,1-2H3. The van der Waals surface area contributed by atoms with E-state index in [1.165, 1.54) is 50.6 Å². The highest BCUT2D eigenvalue weighted by molar-refractivity contribution is 6.31. The first-order valence-electron chi connectivity index (χ1n) is 8.57. The Morgan fingerprint density at radius 1 is 1.29 bits per heavy atom. The van der Waals surface area contributed by atoms with Crippen LogP contribution in [0.1, 0.15) is 63.3 Å². The Morgan fingerprint density at radius 2 is 2.00 bits per heavy atom. The highest BCUT2D eigenvalue weighted by Crippen LogP contribution is 2.41. The number of nitrogens with one attached hydrogen (secondary N) is 1. The molecule has 2 aliphatic carbocycles. The van der Waals surface area contributed by atoms with E-state index in [0.717, 1.165) is 36.1 Å². The van der Waals surface area contributed by atoms with E-state index in [-0.39, 0.29) is 0 Å². The normalized spacial score (nSPS) is 21.7. The van der Waals surface area contributed by atoms with Crippen LogP contribution in [-0.4, -0.2) is 22.4 Å². The molecule has 0 spiro atoms. The summed E-state index contributed by atoms with van der Waals surface area (Å²) in [5.41, 5.74) is 2.69. The Kier molecular flexibility index (Phi) is 4.60. The number of hydrogen-bond donors (Lipinski definition) is 1. The van der Waals surface area contributed by atoms with Crippen molar-refractivity contribution >= 4 is 11.6 Å². The summed E-state index contributed by atoms with van der Waals surface area (Å²) in [6.07, 6.45) is 11.5. The van der Waals surface area contributed by atoms with E-state index in [1.54, 1.807) is 0 Å². The Balaban J connectivity index is 1.78. The molecule has 1 aromatic heterocycles. The molecule has 2 saturated carbocycles. The molecule has 118 valence electrons. The van der Waals surface area contributed by atoms with E-state index in [2.05, 4.69) is 17.3 Å². The minimum absolute atomic E-state index is 0.392. The van der Waals surface area contributed by atoms with Gasteiger partial charge in [-0.1, -0.05) is 37.8 Å². The highest BCUT2D eigenvalue weighted by atomic mass is 35.5. The first-order valence-corrected chi connectivity index (χ1v) is 8.95. The van der Waals surface area contributed by atoms with Gasteiger partial charge >= 0.3 is 0 Å². The maximum Gasteiger partial charge on any atom is 0.0849 e. The van der Waals surface area contributed by atoms with E-state index >= 15 is 0 Å². The lowest BCUT2D eigenvalue weighted by atomic mass is 9.71. The minimum atomic E-state index is 0.392. The fraction of sp³-hybridized carbons (Fsp3) is 0.824. The molecule has 0 bridgehead atoms. The minimum Gasteiger partial charge on any atom is -0.313 e. The number of halogens is 1. The van der Waals surface area contributed by atoms with Gasteiger partial charge < -0.3 is 5.32 Å². The van der Waals surface area contributed by atoms with Gasteiger partial charge in [-0.15, -0.1) is 0 Å². The maximum atomic E-state index is 6.58. The fourth-order valence-electron chi connectivity index (χ4n) is 3.73. The summed E-state index contributed by atoms with van der Waals surface area (Å²) in [5.74, 6) is 0. The average Bonchev–Trinajstić information content (AvgIpc) is 3.29. The van der Waals surface area contributed by atoms with Gasteiger partial charge in [-0.3, -0.25) is 4.68 Å². The summed E-state index contributed by atoms with van der Waals surface area (Å²) in [6, 6.07) is 0.789. The van der Waals surface area contributed by atoms with Crippen LogP contribution in [0.3, 0.4) is 0 Å². The van der Waals surface area contributed by atoms with Gasteiger partial charge in [0.1, 0.15) is 0 Å². The summed E-state index contributed by atoms with van der Waals surface area (Å²) in [6.45, 7) is 3.28. The lowest BCUT2D eigenvalue weighted by Gasteiger charge is -2.38. The third kappa shape index (κ3) is 3.45. The van der Waals surface area contributed by atoms with Crippen molar-refractivity contribution < 1.29 is 0 Å². The lowest BCUT2D eigenvalue weighted by molar-refractivity contribution is 0.176. The Hall–Kier alpha value is -0.540. The molecule has 1 aromatic rings. The number of aromatic nitrogens is 2. The molecular formula is C17H28ClN3. The van der Waals surface area contributed by atoms with Gasteiger partial charge in [-0.05, 0) is 43.9 Å². The van der Waals surface area contributed by atoms with Crippen LogP contribution in [0.2, 0.25) is 5.02 Å². The van der Waals surface area contributed by atoms with E-state index in [4.69, 9.17) is 11.6 Å². The van der Waals surface area contributed by atoms with Crippen molar-refractivity contribution in [2.75, 3.05) is 6.54 Å². The molecule has 4 heteroatoms. The van der Waals surface area contributed by atoms with Gasteiger partial charge in [0.15, 0.2) is 0 Å². The molecule has 2 fully saturated rings. The zero-order valence-electron chi connectivity index (χ0n) is 13.4. The third-order valence-electron chi connectivity index (χ3n) is 5.30. The van der Waals surface area contributed by atoms with E-state index < -0.39 is 0 Å². The second kappa shape index (κ2) is 6.29. The zero-order valence-corrected chi connectivity index (χ0v) is 14.2. The molecule has 3 rings (SSSR count). The number of rotatable bonds is 6. The second-order valence-electron chi connectivity index (χ2n) is 7.08. The van der Waals surface area contributed by atoms with Crippen molar-refractivity contribution in [1.82, 2.24) is 15.1 Å². The summed E-state index contributed by atoms with van der Waals surface area (Å²) in [4.78, 5) is 0. The molecule has 0 unspecified atom stereocenters. The monoisotopic (exact) mass is 309 g/mol. The summed E-state index contributed by atoms with van der Waals surface area (Å²) < 4.78 is 2.02. The largest absolute Gasteiger partial charge is 0.313 e. The van der Waals surface area contributed by atoms with Crippen molar-refractivity contribution in [3.05, 3.63) is 16.4 Å². The maximum absolute atomic E-state index is 6.58. The molecule has 3 nitrogen and oxygen atoms in total. The van der Waals surface area contributed by atoms with Crippen LogP contribution in [0.4, 0.5) is 0 Å². The van der Waals surface area contributed by atoms with Crippen LogP contribution < -0.4 is 5.32 Å². The predicted molar refractivity (Wildman–Crippen MR) is 87.8 cm³/mol. The molecule has 1 N–H and O–H groups in total. The lowest BCUT2D eigenvalue weighted by Crippen LogP contribution is -2.39. The van der Waals surface area contributed by atoms with Crippen molar-refractivity contribution in [3.8, 4) is 0 Å². The van der Waals surface area contributed by atoms with Crippen molar-refractivity contribution in [2.45, 2.75) is 70.8 Å². The SMILES string of the molecule is CCc1nn(C)c(CC2(CNC3CC3)CCCCC2)c1Cl. The van der Waals surface area contributed by atoms with E-state index in [0.29, 0.717) is 5.41 Å². The second-order valence-corrected chi connectivity index (χ2v) is 7.46. The molecule has 0 saturated heterocycles. The van der Waals surface area contributed by atoms with E-state index in [1.807, 2.05) is 11.7 Å². The summed E-state index contributed by atoms with van der Waals surface area (Å²) in [5, 5.41) is 9.28. The smallest absolute Gasteiger partial charge is 0.0849 e. The first kappa shape index (κ1) is 15.4. The predicted octanol–water partition coefficient (Wildman–Crippen LogP) is 3.88. The van der Waals surface area contributed by atoms with Crippen LogP contribution in [0.5, 0.6) is 0 Å². The third-order valence-corrected chi connectivity index (χ3v) is 5.74. The molecular weight excluding hydrogens is 282 g/mol. The number of nitrogens with zero attached hydrogens (tertiary/aromatic N) is 2. The summed E-state index contributed by atoms with van der Waals surface area (Å²) >= 11 is 6.58. The molecule has 0 radical (unpaired) electrons. The molecule has 0 aromatic carbocycles. The average molecular weight is 310 g/mol.